The van der Waals surface area contributed by atoms with Gasteiger partial charge >= 0.3 is 5.69 Å². The molecule has 0 bridgehead atoms. The molecule has 0 radical (unpaired) electrons. The van der Waals surface area contributed by atoms with Gasteiger partial charge in [-0.25, -0.2) is 9.79 Å². The van der Waals surface area contributed by atoms with E-state index < -0.39 is 11.2 Å². The monoisotopic (exact) mass is 307 g/mol. The lowest BCUT2D eigenvalue weighted by Crippen LogP contribution is -2.42. The molecule has 0 fully saturated rings. The van der Waals surface area contributed by atoms with Crippen LogP contribution in [0.5, 0.6) is 0 Å². The normalized spacial score (nSPS) is 17.6. The largest absolute Gasteiger partial charge is 0.390 e. The minimum atomic E-state index is -0.554. The fourth-order valence-electron chi connectivity index (χ4n) is 2.57. The topological polar surface area (TPSA) is 93.7 Å². The number of fused-ring (bicyclic) bond motifs is 1. The van der Waals surface area contributed by atoms with Crippen LogP contribution in [0.25, 0.3) is 0 Å². The van der Waals surface area contributed by atoms with Gasteiger partial charge in [0, 0.05) is 19.2 Å². The van der Waals surface area contributed by atoms with Crippen LogP contribution in [0.4, 0.5) is 5.82 Å². The van der Waals surface area contributed by atoms with E-state index in [9.17, 15) is 19.5 Å². The Morgan fingerprint density at radius 1 is 1.41 bits per heavy atom. The minimum Gasteiger partial charge on any atom is -0.390 e. The smallest absolute Gasteiger partial charge is 0.332 e. The maximum Gasteiger partial charge on any atom is 0.332 e. The molecule has 1 aromatic heterocycles. The summed E-state index contributed by atoms with van der Waals surface area (Å²) in [5.41, 5.74) is -0.00646. The Hall–Kier alpha value is -2.02. The summed E-state index contributed by atoms with van der Waals surface area (Å²) in [4.78, 5) is 40.8. The molecule has 0 saturated heterocycles. The number of hydrogen-bond acceptors (Lipinski definition) is 5. The number of aliphatic hydroxyl groups is 1. The molecule has 0 spiro atoms. The molecule has 1 unspecified atom stereocenters. The fraction of sp³-hybridized carbons (Fsp3) is 0.600. The number of carbonyl (C=O) groups is 1. The Morgan fingerprint density at radius 2 is 2.09 bits per heavy atom. The van der Waals surface area contributed by atoms with Crippen molar-refractivity contribution in [3.05, 3.63) is 26.4 Å². The molecule has 1 aliphatic rings. The van der Waals surface area contributed by atoms with Crippen molar-refractivity contribution in [3.8, 4) is 0 Å². The highest BCUT2D eigenvalue weighted by Gasteiger charge is 2.23. The average Bonchev–Trinajstić information content (AvgIpc) is 2.68. The van der Waals surface area contributed by atoms with Crippen LogP contribution in [-0.4, -0.2) is 32.3 Å². The second-order valence-electron chi connectivity index (χ2n) is 5.63. The van der Waals surface area contributed by atoms with Crippen molar-refractivity contribution < 1.29 is 9.90 Å². The van der Waals surface area contributed by atoms with Crippen LogP contribution in [0.1, 0.15) is 32.3 Å². The third-order valence-electron chi connectivity index (χ3n) is 4.15. The number of aromatic nitrogens is 2. The molecule has 1 atom stereocenters. The molecule has 0 aromatic carbocycles. The molecule has 2 heterocycles. The quantitative estimate of drug-likeness (QED) is 0.858. The van der Waals surface area contributed by atoms with Crippen LogP contribution in [0.15, 0.2) is 14.6 Å². The first-order valence-corrected chi connectivity index (χ1v) is 7.43. The van der Waals surface area contributed by atoms with Crippen molar-refractivity contribution in [2.75, 3.05) is 6.61 Å². The molecule has 120 valence electrons. The van der Waals surface area contributed by atoms with E-state index in [1.54, 1.807) is 6.92 Å². The van der Waals surface area contributed by atoms with Crippen molar-refractivity contribution in [1.29, 1.82) is 0 Å². The SMILES string of the molecule is CCC(=O)Cn1c(=O)c2c(n(C)c1=O)N=C(CO)C(C)CC2. The van der Waals surface area contributed by atoms with Crippen molar-refractivity contribution in [2.45, 2.75) is 39.7 Å². The lowest BCUT2D eigenvalue weighted by molar-refractivity contribution is -0.119. The van der Waals surface area contributed by atoms with Crippen LogP contribution < -0.4 is 11.2 Å². The lowest BCUT2D eigenvalue weighted by Gasteiger charge is -2.12. The predicted octanol–water partition coefficient (Wildman–Crippen LogP) is 0.173. The van der Waals surface area contributed by atoms with E-state index in [-0.39, 0.29) is 31.3 Å². The number of aliphatic hydroxyl groups excluding tert-OH is 1. The molecule has 1 aromatic rings. The average molecular weight is 307 g/mol. The zero-order chi connectivity index (χ0) is 16.4. The standard InChI is InChI=1S/C15H21N3O4/c1-4-10(20)7-18-14(21)11-6-5-9(2)12(8-19)16-13(11)17(3)15(18)22/h9,19H,4-8H2,1-3H3. The number of carbonyl (C=O) groups excluding carboxylic acids is 1. The van der Waals surface area contributed by atoms with Crippen molar-refractivity contribution >= 4 is 17.3 Å². The van der Waals surface area contributed by atoms with Gasteiger partial charge in [0.2, 0.25) is 0 Å². The van der Waals surface area contributed by atoms with Crippen molar-refractivity contribution in [3.63, 3.8) is 0 Å². The molecule has 1 aliphatic heterocycles. The highest BCUT2D eigenvalue weighted by atomic mass is 16.3. The zero-order valence-corrected chi connectivity index (χ0v) is 13.1. The summed E-state index contributed by atoms with van der Waals surface area (Å²) in [6, 6.07) is 0. The van der Waals surface area contributed by atoms with Crippen LogP contribution in [0.2, 0.25) is 0 Å². The number of Topliss-reactive ketones (excluding diaryl/α,β-unsaturated/α-hetero) is 1. The number of ketones is 1. The van der Waals surface area contributed by atoms with E-state index in [1.807, 2.05) is 6.92 Å². The van der Waals surface area contributed by atoms with Gasteiger partial charge in [-0.15, -0.1) is 0 Å². The van der Waals surface area contributed by atoms with E-state index >= 15 is 0 Å². The van der Waals surface area contributed by atoms with Gasteiger partial charge in [0.15, 0.2) is 5.78 Å². The van der Waals surface area contributed by atoms with Gasteiger partial charge in [-0.05, 0) is 18.8 Å². The molecule has 0 amide bonds. The molecular formula is C15H21N3O4. The third-order valence-corrected chi connectivity index (χ3v) is 4.15. The Balaban J connectivity index is 2.68. The molecule has 7 heteroatoms. The summed E-state index contributed by atoms with van der Waals surface area (Å²) in [7, 11) is 1.53. The maximum absolute atomic E-state index is 12.6. The van der Waals surface area contributed by atoms with Gasteiger partial charge in [0.05, 0.1) is 18.7 Å². The minimum absolute atomic E-state index is 0.0395. The van der Waals surface area contributed by atoms with E-state index in [0.717, 1.165) is 4.57 Å². The molecule has 2 rings (SSSR count). The number of hydrogen-bond donors (Lipinski definition) is 1. The Bertz CT molecular complexity index is 742. The van der Waals surface area contributed by atoms with E-state index in [0.29, 0.717) is 29.9 Å². The van der Waals surface area contributed by atoms with Crippen LogP contribution in [0.3, 0.4) is 0 Å². The summed E-state index contributed by atoms with van der Waals surface area (Å²) in [6.45, 7) is 3.21. The molecule has 0 aliphatic carbocycles. The van der Waals surface area contributed by atoms with E-state index in [2.05, 4.69) is 4.99 Å². The van der Waals surface area contributed by atoms with Crippen molar-refractivity contribution in [2.24, 2.45) is 18.0 Å². The van der Waals surface area contributed by atoms with Gasteiger partial charge < -0.3 is 5.11 Å². The number of nitrogens with zero attached hydrogens (tertiary/aromatic N) is 3. The molecule has 0 saturated carbocycles. The summed E-state index contributed by atoms with van der Waals surface area (Å²) in [5, 5.41) is 9.40. The van der Waals surface area contributed by atoms with Crippen molar-refractivity contribution in [1.82, 2.24) is 9.13 Å². The first kappa shape index (κ1) is 16.4. The predicted molar refractivity (Wildman–Crippen MR) is 82.9 cm³/mol. The van der Waals surface area contributed by atoms with Crippen LogP contribution in [-0.2, 0) is 24.8 Å². The summed E-state index contributed by atoms with van der Waals surface area (Å²) in [6.07, 6.45) is 1.41. The number of rotatable bonds is 4. The fourth-order valence-corrected chi connectivity index (χ4v) is 2.57. The van der Waals surface area contributed by atoms with E-state index in [4.69, 9.17) is 0 Å². The Morgan fingerprint density at radius 3 is 2.68 bits per heavy atom. The molecule has 22 heavy (non-hydrogen) atoms. The second-order valence-corrected chi connectivity index (χ2v) is 5.63. The van der Waals surface area contributed by atoms with E-state index in [1.165, 1.54) is 11.6 Å². The summed E-state index contributed by atoms with van der Waals surface area (Å²) in [5.74, 6) is 0.168. The van der Waals surface area contributed by atoms with Gasteiger partial charge in [-0.2, -0.15) is 0 Å². The molecule has 1 N–H and O–H groups in total. The second kappa shape index (κ2) is 6.39. The highest BCUT2D eigenvalue weighted by Crippen LogP contribution is 2.23. The zero-order valence-electron chi connectivity index (χ0n) is 13.1. The maximum atomic E-state index is 12.6. The van der Waals surface area contributed by atoms with Gasteiger partial charge in [0.25, 0.3) is 5.56 Å². The Kier molecular flexibility index (Phi) is 4.75. The molecule has 7 nitrogen and oxygen atoms in total. The van der Waals surface area contributed by atoms with Gasteiger partial charge in [-0.3, -0.25) is 18.7 Å². The summed E-state index contributed by atoms with van der Waals surface area (Å²) >= 11 is 0. The highest BCUT2D eigenvalue weighted by molar-refractivity contribution is 5.90. The first-order valence-electron chi connectivity index (χ1n) is 7.43. The first-order chi connectivity index (χ1) is 10.4. The van der Waals surface area contributed by atoms with Crippen LogP contribution >= 0.6 is 0 Å². The van der Waals surface area contributed by atoms with Gasteiger partial charge in [-0.1, -0.05) is 13.8 Å². The third kappa shape index (κ3) is 2.81. The van der Waals surface area contributed by atoms with Crippen LogP contribution in [0, 0.1) is 5.92 Å². The Labute approximate surface area is 127 Å². The lowest BCUT2D eigenvalue weighted by atomic mass is 9.99. The summed E-state index contributed by atoms with van der Waals surface area (Å²) < 4.78 is 2.27. The molecular weight excluding hydrogens is 286 g/mol. The number of aliphatic imine (C=N–C) groups is 1. The van der Waals surface area contributed by atoms with Gasteiger partial charge in [0.1, 0.15) is 5.82 Å².